The van der Waals surface area contributed by atoms with Gasteiger partial charge in [0.25, 0.3) is 0 Å². The summed E-state index contributed by atoms with van der Waals surface area (Å²) in [6.45, 7) is 0.314. The first kappa shape index (κ1) is 15.4. The number of hydrogen-bond donors (Lipinski definition) is 4. The highest BCUT2D eigenvalue weighted by Gasteiger charge is 2.29. The summed E-state index contributed by atoms with van der Waals surface area (Å²) in [4.78, 5) is 11.7. The van der Waals surface area contributed by atoms with E-state index < -0.39 is 31.3 Å². The molecule has 0 bridgehead atoms. The summed E-state index contributed by atoms with van der Waals surface area (Å²) in [6, 6.07) is 7.57. The van der Waals surface area contributed by atoms with E-state index in [0.29, 0.717) is 0 Å². The molecule has 1 aromatic rings. The van der Waals surface area contributed by atoms with Crippen LogP contribution in [0.4, 0.5) is 0 Å². The van der Waals surface area contributed by atoms with Crippen molar-refractivity contribution in [1.82, 2.24) is 5.32 Å². The Bertz CT molecular complexity index is 444. The molecule has 0 aliphatic carbocycles. The van der Waals surface area contributed by atoms with Gasteiger partial charge in [0.05, 0.1) is 19.8 Å². The van der Waals surface area contributed by atoms with Crippen molar-refractivity contribution in [3.8, 4) is 0 Å². The van der Waals surface area contributed by atoms with E-state index in [4.69, 9.17) is 15.3 Å². The number of hydrogen-bond acceptors (Lipinski definition) is 4. The van der Waals surface area contributed by atoms with Gasteiger partial charge >= 0.3 is 0 Å². The smallest absolute Gasteiger partial charge is 0.244 e. The van der Waals surface area contributed by atoms with Crippen LogP contribution < -0.4 is 5.32 Å². The Morgan fingerprint density at radius 1 is 1.21 bits per heavy atom. The maximum atomic E-state index is 11.7. The number of aryl methyl sites for hydroxylation is 1. The molecule has 104 valence electrons. The fourth-order valence-electron chi connectivity index (χ4n) is 1.51. The standard InChI is InChI=1S/C14H19NO4/c1-11-4-2-3-5-12(11)6-7-13(19)15-14(8-16,9-17)10-18/h2-7,16-18H,8-10H2,1H3,(H,15,19)/b7-6+. The summed E-state index contributed by atoms with van der Waals surface area (Å²) >= 11 is 0. The summed E-state index contributed by atoms with van der Waals surface area (Å²) in [5.74, 6) is -0.486. The van der Waals surface area contributed by atoms with Crippen LogP contribution in [0.3, 0.4) is 0 Å². The lowest BCUT2D eigenvalue weighted by atomic mass is 10.0. The summed E-state index contributed by atoms with van der Waals surface area (Å²) in [7, 11) is 0. The molecule has 0 saturated heterocycles. The van der Waals surface area contributed by atoms with Gasteiger partial charge in [-0.3, -0.25) is 4.79 Å². The van der Waals surface area contributed by atoms with E-state index in [1.807, 2.05) is 31.2 Å². The highest BCUT2D eigenvalue weighted by molar-refractivity contribution is 5.92. The van der Waals surface area contributed by atoms with Crippen LogP contribution in [0.1, 0.15) is 11.1 Å². The van der Waals surface area contributed by atoms with Gasteiger partial charge in [0.15, 0.2) is 0 Å². The zero-order chi connectivity index (χ0) is 14.3. The second-order valence-electron chi connectivity index (χ2n) is 4.43. The molecule has 5 nitrogen and oxygen atoms in total. The molecule has 0 aliphatic rings. The third-order valence-electron chi connectivity index (χ3n) is 2.90. The maximum absolute atomic E-state index is 11.7. The third-order valence-corrected chi connectivity index (χ3v) is 2.90. The highest BCUT2D eigenvalue weighted by Crippen LogP contribution is 2.09. The minimum absolute atomic E-state index is 0.486. The van der Waals surface area contributed by atoms with Crippen molar-refractivity contribution in [3.63, 3.8) is 0 Å². The molecule has 4 N–H and O–H groups in total. The van der Waals surface area contributed by atoms with Gasteiger partial charge in [-0.1, -0.05) is 24.3 Å². The topological polar surface area (TPSA) is 89.8 Å². The Morgan fingerprint density at radius 3 is 2.32 bits per heavy atom. The average molecular weight is 265 g/mol. The summed E-state index contributed by atoms with van der Waals surface area (Å²) in [5.41, 5.74) is 0.539. The van der Waals surface area contributed by atoms with Crippen LogP contribution in [0.25, 0.3) is 6.08 Å². The molecule has 0 aromatic heterocycles. The first-order valence-corrected chi connectivity index (χ1v) is 5.95. The number of nitrogens with one attached hydrogen (secondary N) is 1. The van der Waals surface area contributed by atoms with E-state index in [-0.39, 0.29) is 0 Å². The molecule has 19 heavy (non-hydrogen) atoms. The number of carbonyl (C=O) groups excluding carboxylic acids is 1. The van der Waals surface area contributed by atoms with E-state index in [0.717, 1.165) is 11.1 Å². The van der Waals surface area contributed by atoms with Gasteiger partial charge in [-0.15, -0.1) is 0 Å². The van der Waals surface area contributed by atoms with Crippen LogP contribution in [0.5, 0.6) is 0 Å². The van der Waals surface area contributed by atoms with Crippen molar-refractivity contribution in [3.05, 3.63) is 41.5 Å². The lowest BCUT2D eigenvalue weighted by molar-refractivity contribution is -0.120. The molecule has 0 fully saturated rings. The Kier molecular flexibility index (Phi) is 5.69. The van der Waals surface area contributed by atoms with Crippen LogP contribution in [0.2, 0.25) is 0 Å². The SMILES string of the molecule is Cc1ccccc1/C=C/C(=O)NC(CO)(CO)CO. The fourth-order valence-corrected chi connectivity index (χ4v) is 1.51. The molecule has 1 rings (SSSR count). The Balaban J connectivity index is 2.73. The number of carbonyl (C=O) groups is 1. The highest BCUT2D eigenvalue weighted by atomic mass is 16.3. The minimum atomic E-state index is -1.40. The Labute approximate surface area is 112 Å². The van der Waals surface area contributed by atoms with Crippen LogP contribution in [-0.4, -0.2) is 46.6 Å². The van der Waals surface area contributed by atoms with Gasteiger partial charge < -0.3 is 20.6 Å². The molecule has 1 aromatic carbocycles. The van der Waals surface area contributed by atoms with Crippen molar-refractivity contribution in [2.24, 2.45) is 0 Å². The molecule has 0 heterocycles. The monoisotopic (exact) mass is 265 g/mol. The molecular weight excluding hydrogens is 246 g/mol. The van der Waals surface area contributed by atoms with Crippen molar-refractivity contribution in [2.45, 2.75) is 12.5 Å². The number of amides is 1. The van der Waals surface area contributed by atoms with Gasteiger partial charge in [0, 0.05) is 6.08 Å². The molecule has 5 heteroatoms. The predicted molar refractivity (Wildman–Crippen MR) is 72.3 cm³/mol. The normalized spacial score (nSPS) is 11.8. The van der Waals surface area contributed by atoms with Crippen LogP contribution in [0, 0.1) is 6.92 Å². The van der Waals surface area contributed by atoms with Gasteiger partial charge in [-0.2, -0.15) is 0 Å². The Morgan fingerprint density at radius 2 is 1.79 bits per heavy atom. The molecule has 0 radical (unpaired) electrons. The van der Waals surface area contributed by atoms with Crippen molar-refractivity contribution < 1.29 is 20.1 Å². The van der Waals surface area contributed by atoms with Crippen LogP contribution in [-0.2, 0) is 4.79 Å². The maximum Gasteiger partial charge on any atom is 0.244 e. The van der Waals surface area contributed by atoms with E-state index in [9.17, 15) is 4.79 Å². The van der Waals surface area contributed by atoms with E-state index >= 15 is 0 Å². The van der Waals surface area contributed by atoms with Gasteiger partial charge in [-0.25, -0.2) is 0 Å². The van der Waals surface area contributed by atoms with E-state index in [1.165, 1.54) is 6.08 Å². The molecule has 0 atom stereocenters. The molecular formula is C14H19NO4. The first-order valence-electron chi connectivity index (χ1n) is 5.95. The molecule has 0 spiro atoms. The van der Waals surface area contributed by atoms with Crippen molar-refractivity contribution in [1.29, 1.82) is 0 Å². The van der Waals surface area contributed by atoms with Crippen LogP contribution in [0.15, 0.2) is 30.3 Å². The zero-order valence-corrected chi connectivity index (χ0v) is 10.8. The van der Waals surface area contributed by atoms with E-state index in [1.54, 1.807) is 6.08 Å². The Hall–Kier alpha value is -1.69. The number of benzene rings is 1. The lowest BCUT2D eigenvalue weighted by Crippen LogP contribution is -2.56. The van der Waals surface area contributed by atoms with Gasteiger partial charge in [0.2, 0.25) is 5.91 Å². The van der Waals surface area contributed by atoms with E-state index in [2.05, 4.69) is 5.32 Å². The predicted octanol–water partition coefficient (Wildman–Crippen LogP) is -0.160. The molecule has 0 unspecified atom stereocenters. The second-order valence-corrected chi connectivity index (χ2v) is 4.43. The molecule has 0 aliphatic heterocycles. The first-order chi connectivity index (χ1) is 9.06. The summed E-state index contributed by atoms with van der Waals surface area (Å²) in [5, 5.41) is 29.7. The molecule has 1 amide bonds. The minimum Gasteiger partial charge on any atom is -0.394 e. The average Bonchev–Trinajstić information content (AvgIpc) is 2.44. The lowest BCUT2D eigenvalue weighted by Gasteiger charge is -2.27. The fraction of sp³-hybridized carbons (Fsp3) is 0.357. The second kappa shape index (κ2) is 7.04. The summed E-state index contributed by atoms with van der Waals surface area (Å²) < 4.78 is 0. The van der Waals surface area contributed by atoms with Crippen molar-refractivity contribution in [2.75, 3.05) is 19.8 Å². The van der Waals surface area contributed by atoms with Crippen molar-refractivity contribution >= 4 is 12.0 Å². The zero-order valence-electron chi connectivity index (χ0n) is 10.8. The number of aliphatic hydroxyl groups excluding tert-OH is 3. The number of aliphatic hydroxyl groups is 3. The quantitative estimate of drug-likeness (QED) is 0.538. The summed E-state index contributed by atoms with van der Waals surface area (Å²) in [6.07, 6.45) is 2.94. The third kappa shape index (κ3) is 4.17. The van der Waals surface area contributed by atoms with Gasteiger partial charge in [0.1, 0.15) is 5.54 Å². The number of rotatable bonds is 6. The van der Waals surface area contributed by atoms with Gasteiger partial charge in [-0.05, 0) is 24.1 Å². The van der Waals surface area contributed by atoms with Crippen LogP contribution >= 0.6 is 0 Å². The molecule has 0 saturated carbocycles. The largest absolute Gasteiger partial charge is 0.394 e.